The molecule has 0 aliphatic rings. The van der Waals surface area contributed by atoms with Crippen molar-refractivity contribution in [3.63, 3.8) is 0 Å². The largest absolute Gasteiger partial charge is 0.489 e. The van der Waals surface area contributed by atoms with Crippen LogP contribution in [-0.4, -0.2) is 11.2 Å². The van der Waals surface area contributed by atoms with E-state index in [0.717, 1.165) is 16.8 Å². The smallest absolute Gasteiger partial charge is 0.203 e. The summed E-state index contributed by atoms with van der Waals surface area (Å²) < 4.78 is 19.5. The number of anilines is 1. The van der Waals surface area contributed by atoms with Gasteiger partial charge in [-0.15, -0.1) is 11.3 Å². The average molecular weight is 507 g/mol. The molecule has 0 amide bonds. The van der Waals surface area contributed by atoms with Gasteiger partial charge in [0.25, 0.3) is 0 Å². The number of hydrogen-bond acceptors (Lipinski definition) is 5. The van der Waals surface area contributed by atoms with Crippen LogP contribution in [0.2, 0.25) is 15.1 Å². The maximum atomic E-state index is 13.8. The Hall–Kier alpha value is -2.64. The summed E-state index contributed by atoms with van der Waals surface area (Å²) in [5, 5.41) is 8.18. The van der Waals surface area contributed by atoms with Crippen LogP contribution in [0.25, 0.3) is 11.3 Å². The van der Waals surface area contributed by atoms with E-state index in [1.54, 1.807) is 42.6 Å². The lowest BCUT2D eigenvalue weighted by Gasteiger charge is -2.08. The van der Waals surface area contributed by atoms with E-state index in [1.807, 2.05) is 23.6 Å². The molecule has 0 aliphatic heterocycles. The Labute approximate surface area is 203 Å². The van der Waals surface area contributed by atoms with E-state index in [4.69, 9.17) is 39.5 Å². The lowest BCUT2D eigenvalue weighted by atomic mass is 10.2. The van der Waals surface area contributed by atoms with Gasteiger partial charge in [0.1, 0.15) is 18.2 Å². The normalized spacial score (nSPS) is 11.1. The summed E-state index contributed by atoms with van der Waals surface area (Å²) in [6, 6.07) is 17.1. The van der Waals surface area contributed by atoms with Gasteiger partial charge in [-0.1, -0.05) is 40.9 Å². The molecule has 0 saturated carbocycles. The van der Waals surface area contributed by atoms with Crippen molar-refractivity contribution in [2.45, 2.75) is 6.61 Å². The van der Waals surface area contributed by atoms with Crippen LogP contribution in [0.5, 0.6) is 5.75 Å². The molecule has 0 radical (unpaired) electrons. The predicted octanol–water partition coefficient (Wildman–Crippen LogP) is 7.93. The first-order chi connectivity index (χ1) is 15.5. The van der Waals surface area contributed by atoms with Gasteiger partial charge in [0.2, 0.25) is 5.13 Å². The van der Waals surface area contributed by atoms with Crippen LogP contribution in [0.4, 0.5) is 9.52 Å². The second-order valence-corrected chi connectivity index (χ2v) is 8.70. The molecule has 0 saturated heterocycles. The second kappa shape index (κ2) is 10.3. The summed E-state index contributed by atoms with van der Waals surface area (Å²) >= 11 is 19.6. The highest BCUT2D eigenvalue weighted by atomic mass is 35.5. The number of nitrogens with zero attached hydrogens (tertiary/aromatic N) is 2. The first-order valence-electron chi connectivity index (χ1n) is 9.35. The van der Waals surface area contributed by atoms with Crippen LogP contribution >= 0.6 is 46.1 Å². The summed E-state index contributed by atoms with van der Waals surface area (Å²) in [7, 11) is 0. The molecule has 0 bridgehead atoms. The van der Waals surface area contributed by atoms with Crippen LogP contribution < -0.4 is 10.2 Å². The summed E-state index contributed by atoms with van der Waals surface area (Å²) in [6.07, 6.45) is 1.66. The Bertz CT molecular complexity index is 1240. The topological polar surface area (TPSA) is 46.5 Å². The van der Waals surface area contributed by atoms with Gasteiger partial charge in [-0.25, -0.2) is 9.37 Å². The number of benzene rings is 3. The third kappa shape index (κ3) is 5.58. The van der Waals surface area contributed by atoms with E-state index in [1.165, 1.54) is 17.4 Å². The van der Waals surface area contributed by atoms with Crippen molar-refractivity contribution in [1.29, 1.82) is 0 Å². The van der Waals surface area contributed by atoms with Crippen molar-refractivity contribution >= 4 is 57.5 Å². The fourth-order valence-electron chi connectivity index (χ4n) is 2.78. The molecule has 9 heteroatoms. The Balaban J connectivity index is 1.34. The lowest BCUT2D eigenvalue weighted by molar-refractivity contribution is 0.300. The number of aromatic nitrogens is 1. The molecule has 3 aromatic carbocycles. The number of hydrazone groups is 1. The van der Waals surface area contributed by atoms with Crippen molar-refractivity contribution in [2.75, 3.05) is 5.43 Å². The van der Waals surface area contributed by atoms with Crippen molar-refractivity contribution in [1.82, 2.24) is 4.98 Å². The van der Waals surface area contributed by atoms with Crippen molar-refractivity contribution in [2.24, 2.45) is 5.10 Å². The number of ether oxygens (including phenoxy) is 1. The molecule has 1 aromatic heterocycles. The Kier molecular flexibility index (Phi) is 7.27. The molecule has 0 atom stereocenters. The molecule has 162 valence electrons. The SMILES string of the molecule is Fc1cccc(Cl)c1COc1ccc(C=NNc2nc(-c3ccc(Cl)cc3Cl)cs2)cc1. The van der Waals surface area contributed by atoms with E-state index in [9.17, 15) is 4.39 Å². The highest BCUT2D eigenvalue weighted by Crippen LogP contribution is 2.32. The Morgan fingerprint density at radius 3 is 2.59 bits per heavy atom. The van der Waals surface area contributed by atoms with Gasteiger partial charge in [0.15, 0.2) is 0 Å². The van der Waals surface area contributed by atoms with E-state index in [0.29, 0.717) is 31.5 Å². The number of halogens is 4. The number of hydrogen-bond donors (Lipinski definition) is 1. The summed E-state index contributed by atoms with van der Waals surface area (Å²) in [4.78, 5) is 4.49. The Morgan fingerprint density at radius 1 is 1.03 bits per heavy atom. The summed E-state index contributed by atoms with van der Waals surface area (Å²) in [6.45, 7) is 0.0461. The highest BCUT2D eigenvalue weighted by molar-refractivity contribution is 7.14. The van der Waals surface area contributed by atoms with E-state index < -0.39 is 5.82 Å². The minimum absolute atomic E-state index is 0.0461. The average Bonchev–Trinajstić information content (AvgIpc) is 3.23. The van der Waals surface area contributed by atoms with E-state index >= 15 is 0 Å². The summed E-state index contributed by atoms with van der Waals surface area (Å²) in [5.41, 5.74) is 5.63. The van der Waals surface area contributed by atoms with Gasteiger partial charge >= 0.3 is 0 Å². The van der Waals surface area contributed by atoms with Crippen LogP contribution in [-0.2, 0) is 6.61 Å². The molecular formula is C23H15Cl3FN3OS. The molecule has 0 aliphatic carbocycles. The standard InChI is InChI=1S/C23H15Cl3FN3OS/c24-15-6-9-17(20(26)10-15)22-13-32-23(29-22)30-28-11-14-4-7-16(8-5-14)31-12-18-19(25)2-1-3-21(18)27/h1-11,13H,12H2,(H,29,30). The van der Waals surface area contributed by atoms with E-state index in [2.05, 4.69) is 15.5 Å². The van der Waals surface area contributed by atoms with Crippen molar-refractivity contribution < 1.29 is 9.13 Å². The first-order valence-corrected chi connectivity index (χ1v) is 11.4. The molecular weight excluding hydrogens is 492 g/mol. The summed E-state index contributed by atoms with van der Waals surface area (Å²) in [5.74, 6) is 0.204. The second-order valence-electron chi connectivity index (χ2n) is 6.59. The van der Waals surface area contributed by atoms with Gasteiger partial charge in [0.05, 0.1) is 22.0 Å². The molecule has 1 heterocycles. The molecule has 4 rings (SSSR count). The van der Waals surface area contributed by atoms with Gasteiger partial charge in [-0.3, -0.25) is 5.43 Å². The van der Waals surface area contributed by atoms with Crippen LogP contribution in [0.15, 0.2) is 71.1 Å². The molecule has 0 unspecified atom stereocenters. The zero-order valence-corrected chi connectivity index (χ0v) is 19.4. The highest BCUT2D eigenvalue weighted by Gasteiger charge is 2.09. The lowest BCUT2D eigenvalue weighted by Crippen LogP contribution is -1.99. The molecule has 4 nitrogen and oxygen atoms in total. The maximum Gasteiger partial charge on any atom is 0.203 e. The third-order valence-electron chi connectivity index (χ3n) is 4.41. The van der Waals surface area contributed by atoms with Gasteiger partial charge < -0.3 is 4.74 Å². The first kappa shape index (κ1) is 22.6. The maximum absolute atomic E-state index is 13.8. The molecule has 4 aromatic rings. The molecule has 0 spiro atoms. The number of thiazole rings is 1. The van der Waals surface area contributed by atoms with Crippen LogP contribution in [0, 0.1) is 5.82 Å². The fourth-order valence-corrected chi connectivity index (χ4v) is 4.17. The number of rotatable bonds is 7. The van der Waals surface area contributed by atoms with Crippen LogP contribution in [0.3, 0.4) is 0 Å². The van der Waals surface area contributed by atoms with Crippen molar-refractivity contribution in [3.05, 3.63) is 98.1 Å². The molecule has 0 fully saturated rings. The van der Waals surface area contributed by atoms with Gasteiger partial charge in [-0.05, 0) is 60.2 Å². The fraction of sp³-hybridized carbons (Fsp3) is 0.0435. The van der Waals surface area contributed by atoms with E-state index in [-0.39, 0.29) is 6.61 Å². The monoisotopic (exact) mass is 505 g/mol. The molecule has 32 heavy (non-hydrogen) atoms. The van der Waals surface area contributed by atoms with Crippen LogP contribution in [0.1, 0.15) is 11.1 Å². The predicted molar refractivity (Wildman–Crippen MR) is 131 cm³/mol. The minimum Gasteiger partial charge on any atom is -0.489 e. The quantitative estimate of drug-likeness (QED) is 0.204. The third-order valence-corrected chi connectivity index (χ3v) is 6.06. The van der Waals surface area contributed by atoms with Crippen molar-refractivity contribution in [3.8, 4) is 17.0 Å². The van der Waals surface area contributed by atoms with Gasteiger partial charge in [-0.2, -0.15) is 5.10 Å². The van der Waals surface area contributed by atoms with Gasteiger partial charge in [0, 0.05) is 21.5 Å². The zero-order valence-electron chi connectivity index (χ0n) is 16.4. The molecule has 1 N–H and O–H groups in total. The zero-order chi connectivity index (χ0) is 22.5. The number of nitrogens with one attached hydrogen (secondary N) is 1. The minimum atomic E-state index is -0.393. The Morgan fingerprint density at radius 2 is 1.84 bits per heavy atom.